The molecule has 0 N–H and O–H groups in total. The van der Waals surface area contributed by atoms with Gasteiger partial charge in [0.25, 0.3) is 0 Å². The van der Waals surface area contributed by atoms with E-state index >= 15 is 0 Å². The van der Waals surface area contributed by atoms with Crippen LogP contribution in [-0.4, -0.2) is 28.5 Å². The molecule has 0 radical (unpaired) electrons. The van der Waals surface area contributed by atoms with Gasteiger partial charge in [-0.1, -0.05) is 0 Å². The fourth-order valence-corrected chi connectivity index (χ4v) is 3.89. The SMILES string of the molecule is Cc1nc2c(s1)CCCC2CN(C)c1cncc(C#N)n1. The van der Waals surface area contributed by atoms with Gasteiger partial charge < -0.3 is 4.90 Å². The van der Waals surface area contributed by atoms with Gasteiger partial charge in [0.1, 0.15) is 11.9 Å². The highest BCUT2D eigenvalue weighted by Crippen LogP contribution is 2.35. The second-order valence-electron chi connectivity index (χ2n) is 5.39. The number of rotatable bonds is 3. The Balaban J connectivity index is 1.79. The Morgan fingerprint density at radius 2 is 2.29 bits per heavy atom. The molecule has 0 spiro atoms. The minimum Gasteiger partial charge on any atom is -0.358 e. The van der Waals surface area contributed by atoms with Crippen LogP contribution in [0.15, 0.2) is 12.4 Å². The number of nitrogens with zero attached hydrogens (tertiary/aromatic N) is 5. The van der Waals surface area contributed by atoms with Gasteiger partial charge in [-0.05, 0) is 26.2 Å². The summed E-state index contributed by atoms with van der Waals surface area (Å²) in [6.45, 7) is 2.94. The van der Waals surface area contributed by atoms with Gasteiger partial charge in [0.05, 0.1) is 23.1 Å². The van der Waals surface area contributed by atoms with Crippen LogP contribution in [0.1, 0.15) is 40.0 Å². The molecule has 6 heteroatoms. The summed E-state index contributed by atoms with van der Waals surface area (Å²) < 4.78 is 0. The molecule has 0 saturated carbocycles. The minimum absolute atomic E-state index is 0.355. The minimum atomic E-state index is 0.355. The van der Waals surface area contributed by atoms with Crippen LogP contribution in [0.3, 0.4) is 0 Å². The molecule has 21 heavy (non-hydrogen) atoms. The third-order valence-electron chi connectivity index (χ3n) is 3.80. The largest absolute Gasteiger partial charge is 0.358 e. The molecule has 0 aliphatic heterocycles. The lowest BCUT2D eigenvalue weighted by atomic mass is 9.90. The Hall–Kier alpha value is -2.00. The molecule has 0 aromatic carbocycles. The summed E-state index contributed by atoms with van der Waals surface area (Å²) in [5.41, 5.74) is 1.62. The van der Waals surface area contributed by atoms with Crippen LogP contribution in [0.4, 0.5) is 5.82 Å². The molecule has 5 nitrogen and oxygen atoms in total. The molecule has 1 unspecified atom stereocenters. The summed E-state index contributed by atoms with van der Waals surface area (Å²) in [5, 5.41) is 10.1. The van der Waals surface area contributed by atoms with Crippen LogP contribution in [0.5, 0.6) is 0 Å². The van der Waals surface area contributed by atoms with Gasteiger partial charge >= 0.3 is 0 Å². The first-order valence-corrected chi connectivity index (χ1v) is 7.88. The molecule has 0 amide bonds. The van der Waals surface area contributed by atoms with Gasteiger partial charge in [-0.3, -0.25) is 4.98 Å². The third-order valence-corrected chi connectivity index (χ3v) is 4.85. The van der Waals surface area contributed by atoms with Crippen molar-refractivity contribution < 1.29 is 0 Å². The summed E-state index contributed by atoms with van der Waals surface area (Å²) >= 11 is 1.82. The zero-order valence-electron chi connectivity index (χ0n) is 12.2. The number of fused-ring (bicyclic) bond motifs is 1. The molecule has 0 bridgehead atoms. The molecule has 108 valence electrons. The maximum Gasteiger partial charge on any atom is 0.161 e. The lowest BCUT2D eigenvalue weighted by molar-refractivity contribution is 0.542. The second-order valence-corrected chi connectivity index (χ2v) is 6.67. The number of likely N-dealkylation sites (N-methyl/N-ethyl adjacent to an activating group) is 1. The molecule has 1 aliphatic rings. The fourth-order valence-electron chi connectivity index (χ4n) is 2.82. The van der Waals surface area contributed by atoms with Gasteiger partial charge in [0.2, 0.25) is 0 Å². The highest BCUT2D eigenvalue weighted by atomic mass is 32.1. The number of anilines is 1. The first-order valence-electron chi connectivity index (χ1n) is 7.07. The number of thiazole rings is 1. The van der Waals surface area contributed by atoms with Crippen molar-refractivity contribution >= 4 is 17.2 Å². The first kappa shape index (κ1) is 14.0. The smallest absolute Gasteiger partial charge is 0.161 e. The third kappa shape index (κ3) is 2.88. The number of aromatic nitrogens is 3. The molecule has 2 heterocycles. The quantitative estimate of drug-likeness (QED) is 0.871. The van der Waals surface area contributed by atoms with Crippen molar-refractivity contribution in [2.45, 2.75) is 32.1 Å². The van der Waals surface area contributed by atoms with E-state index in [-0.39, 0.29) is 0 Å². The van der Waals surface area contributed by atoms with Crippen molar-refractivity contribution in [2.75, 3.05) is 18.5 Å². The molecule has 2 aromatic heterocycles. The summed E-state index contributed by atoms with van der Waals surface area (Å²) in [6, 6.07) is 2.03. The van der Waals surface area contributed by atoms with Crippen molar-refractivity contribution in [3.8, 4) is 6.07 Å². The average molecular weight is 299 g/mol. The number of hydrogen-bond acceptors (Lipinski definition) is 6. The summed E-state index contributed by atoms with van der Waals surface area (Å²) in [5.74, 6) is 1.18. The molecule has 1 atom stereocenters. The highest BCUT2D eigenvalue weighted by molar-refractivity contribution is 7.11. The van der Waals surface area contributed by atoms with Crippen LogP contribution in [0, 0.1) is 18.3 Å². The summed E-state index contributed by atoms with van der Waals surface area (Å²) in [7, 11) is 2.00. The Bertz CT molecular complexity index is 688. The van der Waals surface area contributed by atoms with E-state index in [0.717, 1.165) is 30.2 Å². The Labute approximate surface area is 128 Å². The van der Waals surface area contributed by atoms with Gasteiger partial charge in [0, 0.05) is 24.4 Å². The van der Waals surface area contributed by atoms with Crippen LogP contribution in [-0.2, 0) is 6.42 Å². The number of nitriles is 1. The van der Waals surface area contributed by atoms with Gasteiger partial charge in [-0.25, -0.2) is 9.97 Å². The second kappa shape index (κ2) is 5.78. The lowest BCUT2D eigenvalue weighted by Crippen LogP contribution is -2.27. The molecule has 3 rings (SSSR count). The van der Waals surface area contributed by atoms with Gasteiger partial charge in [0.15, 0.2) is 5.69 Å². The monoisotopic (exact) mass is 299 g/mol. The van der Waals surface area contributed by atoms with E-state index in [9.17, 15) is 0 Å². The zero-order chi connectivity index (χ0) is 14.8. The highest BCUT2D eigenvalue weighted by Gasteiger charge is 2.25. The van der Waals surface area contributed by atoms with Crippen molar-refractivity contribution in [1.29, 1.82) is 5.26 Å². The van der Waals surface area contributed by atoms with Crippen molar-refractivity contribution in [1.82, 2.24) is 15.0 Å². The van der Waals surface area contributed by atoms with E-state index < -0.39 is 0 Å². The van der Waals surface area contributed by atoms with Crippen LogP contribution >= 0.6 is 11.3 Å². The standard InChI is InChI=1S/C15H17N5S/c1-10-18-15-11(4-3-5-13(15)21-10)9-20(2)14-8-17-7-12(6-16)19-14/h7-8,11H,3-5,9H2,1-2H3. The maximum absolute atomic E-state index is 8.92. The van der Waals surface area contributed by atoms with E-state index in [1.165, 1.54) is 23.2 Å². The van der Waals surface area contributed by atoms with E-state index in [2.05, 4.69) is 21.8 Å². The number of aryl methyl sites for hydroxylation is 2. The van der Waals surface area contributed by atoms with E-state index in [4.69, 9.17) is 10.2 Å². The Kier molecular flexibility index (Phi) is 3.84. The van der Waals surface area contributed by atoms with Crippen LogP contribution in [0.25, 0.3) is 0 Å². The molecule has 0 saturated heterocycles. The summed E-state index contributed by atoms with van der Waals surface area (Å²) in [6.07, 6.45) is 6.73. The van der Waals surface area contributed by atoms with Gasteiger partial charge in [-0.15, -0.1) is 11.3 Å². The predicted molar refractivity (Wildman–Crippen MR) is 82.5 cm³/mol. The van der Waals surface area contributed by atoms with E-state index in [1.807, 2.05) is 24.5 Å². The predicted octanol–water partition coefficient (Wildman–Crippen LogP) is 2.67. The Morgan fingerprint density at radius 1 is 1.43 bits per heavy atom. The average Bonchev–Trinajstić information content (AvgIpc) is 2.88. The van der Waals surface area contributed by atoms with Crippen LogP contribution < -0.4 is 4.90 Å². The number of hydrogen-bond donors (Lipinski definition) is 0. The normalized spacial score (nSPS) is 17.1. The van der Waals surface area contributed by atoms with E-state index in [0.29, 0.717) is 11.6 Å². The maximum atomic E-state index is 8.92. The van der Waals surface area contributed by atoms with E-state index in [1.54, 1.807) is 6.20 Å². The molecular formula is C15H17N5S. The molecular weight excluding hydrogens is 282 g/mol. The Morgan fingerprint density at radius 3 is 3.10 bits per heavy atom. The fraction of sp³-hybridized carbons (Fsp3) is 0.467. The first-order chi connectivity index (χ1) is 10.2. The zero-order valence-corrected chi connectivity index (χ0v) is 13.0. The topological polar surface area (TPSA) is 65.7 Å². The molecule has 2 aromatic rings. The lowest BCUT2D eigenvalue weighted by Gasteiger charge is -2.27. The van der Waals surface area contributed by atoms with Crippen molar-refractivity contribution in [3.63, 3.8) is 0 Å². The van der Waals surface area contributed by atoms with Gasteiger partial charge in [-0.2, -0.15) is 5.26 Å². The van der Waals surface area contributed by atoms with Crippen LogP contribution in [0.2, 0.25) is 0 Å². The molecule has 0 fully saturated rings. The van der Waals surface area contributed by atoms with Crippen molar-refractivity contribution in [2.24, 2.45) is 0 Å². The molecule has 1 aliphatic carbocycles. The summed E-state index contributed by atoms with van der Waals surface area (Å²) in [4.78, 5) is 16.6. The van der Waals surface area contributed by atoms with Crippen molar-refractivity contribution in [3.05, 3.63) is 33.7 Å².